The van der Waals surface area contributed by atoms with Crippen LogP contribution in [0.1, 0.15) is 18.4 Å². The number of hydrogen-bond acceptors (Lipinski definition) is 4. The number of ether oxygens (including phenoxy) is 2. The summed E-state index contributed by atoms with van der Waals surface area (Å²) in [5, 5.41) is 10.1. The van der Waals surface area contributed by atoms with E-state index < -0.39 is 5.60 Å². The van der Waals surface area contributed by atoms with Gasteiger partial charge in [0.1, 0.15) is 0 Å². The third-order valence-electron chi connectivity index (χ3n) is 2.93. The molecular formula is C12H16O3S. The van der Waals surface area contributed by atoms with Crippen LogP contribution >= 0.6 is 11.8 Å². The molecule has 0 heterocycles. The van der Waals surface area contributed by atoms with Crippen LogP contribution in [0.4, 0.5) is 0 Å². The molecule has 3 nitrogen and oxygen atoms in total. The molecule has 1 aliphatic rings. The Kier molecular flexibility index (Phi) is 3.04. The van der Waals surface area contributed by atoms with E-state index in [1.54, 1.807) is 26.0 Å². The normalized spacial score (nSPS) is 17.0. The minimum absolute atomic E-state index is 0.635. The van der Waals surface area contributed by atoms with Gasteiger partial charge in [-0.05, 0) is 36.8 Å². The highest BCUT2D eigenvalue weighted by Crippen LogP contribution is 2.49. The quantitative estimate of drug-likeness (QED) is 0.820. The Labute approximate surface area is 99.8 Å². The van der Waals surface area contributed by atoms with Crippen molar-refractivity contribution in [3.8, 4) is 11.5 Å². The zero-order valence-electron chi connectivity index (χ0n) is 9.74. The van der Waals surface area contributed by atoms with Crippen molar-refractivity contribution in [3.05, 3.63) is 17.7 Å². The van der Waals surface area contributed by atoms with Crippen molar-refractivity contribution in [2.24, 2.45) is 0 Å². The lowest BCUT2D eigenvalue weighted by Gasteiger charge is -2.16. The van der Waals surface area contributed by atoms with Gasteiger partial charge in [0.25, 0.3) is 0 Å². The lowest BCUT2D eigenvalue weighted by Crippen LogP contribution is -2.05. The second-order valence-corrected chi connectivity index (χ2v) is 4.79. The van der Waals surface area contributed by atoms with Crippen molar-refractivity contribution in [1.82, 2.24) is 0 Å². The van der Waals surface area contributed by atoms with Gasteiger partial charge in [0.05, 0.1) is 24.7 Å². The van der Waals surface area contributed by atoms with Crippen LogP contribution in [0.25, 0.3) is 0 Å². The molecule has 1 aromatic carbocycles. The molecule has 0 aliphatic heterocycles. The van der Waals surface area contributed by atoms with E-state index in [0.29, 0.717) is 5.75 Å². The van der Waals surface area contributed by atoms with Gasteiger partial charge in [-0.2, -0.15) is 0 Å². The van der Waals surface area contributed by atoms with Crippen LogP contribution in [-0.2, 0) is 5.60 Å². The first-order chi connectivity index (χ1) is 7.64. The third-order valence-corrected chi connectivity index (χ3v) is 3.67. The molecule has 0 unspecified atom stereocenters. The molecule has 2 rings (SSSR count). The Bertz CT molecular complexity index is 374. The summed E-state index contributed by atoms with van der Waals surface area (Å²) in [6, 6.07) is 3.85. The summed E-state index contributed by atoms with van der Waals surface area (Å²) in [7, 11) is 3.24. The van der Waals surface area contributed by atoms with Crippen molar-refractivity contribution < 1.29 is 14.6 Å². The summed E-state index contributed by atoms with van der Waals surface area (Å²) in [6.45, 7) is 0. The SMILES string of the molecule is COc1cc(C2(O)CC2)cc(SC)c1OC. The average molecular weight is 240 g/mol. The van der Waals surface area contributed by atoms with Crippen LogP contribution in [0.5, 0.6) is 11.5 Å². The first-order valence-corrected chi connectivity index (χ1v) is 6.40. The first kappa shape index (κ1) is 11.6. The maximum atomic E-state index is 10.1. The van der Waals surface area contributed by atoms with E-state index in [9.17, 15) is 5.11 Å². The molecule has 0 bridgehead atoms. The first-order valence-electron chi connectivity index (χ1n) is 5.17. The lowest BCUT2D eigenvalue weighted by atomic mass is 10.1. The number of hydrogen-bond donors (Lipinski definition) is 1. The monoisotopic (exact) mass is 240 g/mol. The molecule has 0 aromatic heterocycles. The van der Waals surface area contributed by atoms with Crippen LogP contribution in [-0.4, -0.2) is 25.6 Å². The van der Waals surface area contributed by atoms with E-state index in [1.807, 2.05) is 18.4 Å². The fraction of sp³-hybridized carbons (Fsp3) is 0.500. The summed E-state index contributed by atoms with van der Waals surface area (Å²) < 4.78 is 10.6. The van der Waals surface area contributed by atoms with Crippen molar-refractivity contribution in [1.29, 1.82) is 0 Å². The van der Waals surface area contributed by atoms with Gasteiger partial charge in [-0.1, -0.05) is 0 Å². The minimum atomic E-state index is -0.635. The second kappa shape index (κ2) is 4.18. The lowest BCUT2D eigenvalue weighted by molar-refractivity contribution is 0.150. The topological polar surface area (TPSA) is 38.7 Å². The third kappa shape index (κ3) is 1.87. The van der Waals surface area contributed by atoms with Gasteiger partial charge < -0.3 is 14.6 Å². The Morgan fingerprint density at radius 3 is 2.38 bits per heavy atom. The van der Waals surface area contributed by atoms with Gasteiger partial charge in [0.2, 0.25) is 0 Å². The summed E-state index contributed by atoms with van der Waals surface area (Å²) in [5.41, 5.74) is 0.291. The molecule has 0 atom stereocenters. The molecule has 0 amide bonds. The fourth-order valence-electron chi connectivity index (χ4n) is 1.76. The Balaban J connectivity index is 2.50. The highest BCUT2D eigenvalue weighted by atomic mass is 32.2. The molecule has 0 radical (unpaired) electrons. The highest BCUT2D eigenvalue weighted by Gasteiger charge is 2.43. The van der Waals surface area contributed by atoms with Crippen molar-refractivity contribution >= 4 is 11.8 Å². The maximum absolute atomic E-state index is 10.1. The summed E-state index contributed by atoms with van der Waals surface area (Å²) >= 11 is 1.59. The largest absolute Gasteiger partial charge is 0.493 e. The summed E-state index contributed by atoms with van der Waals surface area (Å²) in [4.78, 5) is 0.997. The van der Waals surface area contributed by atoms with Crippen LogP contribution in [0, 0.1) is 0 Å². The zero-order valence-corrected chi connectivity index (χ0v) is 10.6. The number of thioether (sulfide) groups is 1. The number of aliphatic hydroxyl groups is 1. The molecule has 1 aromatic rings. The second-order valence-electron chi connectivity index (χ2n) is 3.95. The molecular weight excluding hydrogens is 224 g/mol. The van der Waals surface area contributed by atoms with Crippen molar-refractivity contribution in [3.63, 3.8) is 0 Å². The average Bonchev–Trinajstić information content (AvgIpc) is 3.06. The van der Waals surface area contributed by atoms with Gasteiger partial charge in [0, 0.05) is 0 Å². The van der Waals surface area contributed by atoms with Gasteiger partial charge in [-0.3, -0.25) is 0 Å². The minimum Gasteiger partial charge on any atom is -0.493 e. The van der Waals surface area contributed by atoms with E-state index in [2.05, 4.69) is 0 Å². The van der Waals surface area contributed by atoms with Gasteiger partial charge in [-0.15, -0.1) is 11.8 Å². The summed E-state index contributed by atoms with van der Waals surface area (Å²) in [5.74, 6) is 1.42. The molecule has 4 heteroatoms. The molecule has 1 fully saturated rings. The van der Waals surface area contributed by atoms with Gasteiger partial charge >= 0.3 is 0 Å². The zero-order chi connectivity index (χ0) is 11.8. The van der Waals surface area contributed by atoms with Gasteiger partial charge in [-0.25, -0.2) is 0 Å². The molecule has 1 N–H and O–H groups in total. The van der Waals surface area contributed by atoms with Crippen molar-refractivity contribution in [2.45, 2.75) is 23.3 Å². The van der Waals surface area contributed by atoms with E-state index >= 15 is 0 Å². The number of methoxy groups -OCH3 is 2. The Morgan fingerprint density at radius 2 is 1.94 bits per heavy atom. The molecule has 1 aliphatic carbocycles. The molecule has 0 spiro atoms. The Hall–Kier alpha value is -0.870. The van der Waals surface area contributed by atoms with E-state index in [1.165, 1.54) is 0 Å². The standard InChI is InChI=1S/C12H16O3S/c1-14-9-6-8(12(13)4-5-12)7-10(16-3)11(9)15-2/h6-7,13H,4-5H2,1-3H3. The molecule has 1 saturated carbocycles. The van der Waals surface area contributed by atoms with E-state index in [4.69, 9.17) is 9.47 Å². The van der Waals surface area contributed by atoms with Gasteiger partial charge in [0.15, 0.2) is 11.5 Å². The van der Waals surface area contributed by atoms with E-state index in [-0.39, 0.29) is 0 Å². The Morgan fingerprint density at radius 1 is 1.25 bits per heavy atom. The van der Waals surface area contributed by atoms with Crippen molar-refractivity contribution in [2.75, 3.05) is 20.5 Å². The summed E-state index contributed by atoms with van der Waals surface area (Å²) in [6.07, 6.45) is 3.64. The highest BCUT2D eigenvalue weighted by molar-refractivity contribution is 7.98. The molecule has 0 saturated heterocycles. The predicted molar refractivity (Wildman–Crippen MR) is 64.5 cm³/mol. The number of rotatable bonds is 4. The van der Waals surface area contributed by atoms with Crippen LogP contribution in [0.3, 0.4) is 0 Å². The van der Waals surface area contributed by atoms with Crippen LogP contribution in [0.15, 0.2) is 17.0 Å². The predicted octanol–water partition coefficient (Wildman–Crippen LogP) is 2.41. The molecule has 16 heavy (non-hydrogen) atoms. The van der Waals surface area contributed by atoms with E-state index in [0.717, 1.165) is 29.1 Å². The number of benzene rings is 1. The molecule has 88 valence electrons. The van der Waals surface area contributed by atoms with Crippen LogP contribution < -0.4 is 9.47 Å². The maximum Gasteiger partial charge on any atom is 0.174 e. The fourth-order valence-corrected chi connectivity index (χ4v) is 2.37. The van der Waals surface area contributed by atoms with Crippen LogP contribution in [0.2, 0.25) is 0 Å². The smallest absolute Gasteiger partial charge is 0.174 e.